The number of likely N-dealkylation sites (N-methyl/N-ethyl adjacent to an activating group) is 1. The van der Waals surface area contributed by atoms with Gasteiger partial charge in [-0.15, -0.1) is 0 Å². The number of nitrogens with zero attached hydrogens (tertiary/aromatic N) is 2. The van der Waals surface area contributed by atoms with Gasteiger partial charge in [0.15, 0.2) is 0 Å². The third-order valence-corrected chi connectivity index (χ3v) is 2.88. The molecule has 0 spiro atoms. The van der Waals surface area contributed by atoms with E-state index in [1.54, 1.807) is 18.6 Å². The van der Waals surface area contributed by atoms with Gasteiger partial charge in [0.25, 0.3) is 0 Å². The monoisotopic (exact) mass is 207 g/mol. The number of rotatable bonds is 3. The molecule has 1 fully saturated rings. The summed E-state index contributed by atoms with van der Waals surface area (Å²) in [5, 5.41) is 3.30. The summed E-state index contributed by atoms with van der Waals surface area (Å²) in [4.78, 5) is 8.12. The largest absolute Gasteiger partial charge is 0.472 e. The van der Waals surface area contributed by atoms with Gasteiger partial charge >= 0.3 is 0 Å². The van der Waals surface area contributed by atoms with Crippen molar-refractivity contribution in [3.05, 3.63) is 18.6 Å². The molecule has 0 aromatic carbocycles. The van der Waals surface area contributed by atoms with Crippen LogP contribution in [0.2, 0.25) is 0 Å². The van der Waals surface area contributed by atoms with Gasteiger partial charge in [0.05, 0.1) is 6.20 Å². The number of ether oxygens (including phenoxy) is 1. The molecular weight excluding hydrogens is 190 g/mol. The molecule has 0 aliphatic heterocycles. The van der Waals surface area contributed by atoms with E-state index in [9.17, 15) is 0 Å². The third kappa shape index (κ3) is 2.65. The Bertz CT molecular complexity index is 291. The zero-order chi connectivity index (χ0) is 10.5. The lowest BCUT2D eigenvalue weighted by Gasteiger charge is -2.30. The molecule has 1 saturated carbocycles. The molecule has 15 heavy (non-hydrogen) atoms. The van der Waals surface area contributed by atoms with Crippen molar-refractivity contribution in [1.82, 2.24) is 15.3 Å². The molecule has 1 aliphatic rings. The normalized spacial score (nSPS) is 26.2. The summed E-state index contributed by atoms with van der Waals surface area (Å²) in [5.74, 6) is 0.629. The van der Waals surface area contributed by atoms with E-state index in [0.717, 1.165) is 6.42 Å². The first-order valence-electron chi connectivity index (χ1n) is 5.50. The molecule has 2 rings (SSSR count). The van der Waals surface area contributed by atoms with Gasteiger partial charge in [-0.05, 0) is 26.3 Å². The maximum atomic E-state index is 5.82. The minimum atomic E-state index is 0.237. The molecule has 1 aliphatic carbocycles. The van der Waals surface area contributed by atoms with Gasteiger partial charge in [-0.3, -0.25) is 4.98 Å². The highest BCUT2D eigenvalue weighted by Crippen LogP contribution is 2.22. The molecule has 2 unspecified atom stereocenters. The van der Waals surface area contributed by atoms with Gasteiger partial charge in [-0.25, -0.2) is 4.98 Å². The highest BCUT2D eigenvalue weighted by molar-refractivity contribution is 5.03. The molecule has 2 atom stereocenters. The van der Waals surface area contributed by atoms with Crippen molar-refractivity contribution in [2.24, 2.45) is 0 Å². The van der Waals surface area contributed by atoms with Gasteiger partial charge in [-0.1, -0.05) is 6.42 Å². The Hall–Kier alpha value is -1.16. The summed E-state index contributed by atoms with van der Waals surface area (Å²) < 4.78 is 5.82. The first-order valence-corrected chi connectivity index (χ1v) is 5.50. The van der Waals surface area contributed by atoms with Crippen molar-refractivity contribution in [2.45, 2.75) is 37.8 Å². The summed E-state index contributed by atoms with van der Waals surface area (Å²) in [5.41, 5.74) is 0. The van der Waals surface area contributed by atoms with E-state index in [0.29, 0.717) is 11.9 Å². The second-order valence-electron chi connectivity index (χ2n) is 3.88. The first kappa shape index (κ1) is 10.4. The summed E-state index contributed by atoms with van der Waals surface area (Å²) in [6, 6.07) is 0.445. The fraction of sp³-hybridized carbons (Fsp3) is 0.636. The van der Waals surface area contributed by atoms with Gasteiger partial charge < -0.3 is 10.1 Å². The SMILES string of the molecule is CNC1CCCCC1Oc1cnccn1. The predicted molar refractivity (Wildman–Crippen MR) is 57.8 cm³/mol. The molecule has 1 heterocycles. The first-order chi connectivity index (χ1) is 7.40. The fourth-order valence-corrected chi connectivity index (χ4v) is 2.07. The van der Waals surface area contributed by atoms with E-state index in [4.69, 9.17) is 4.74 Å². The Labute approximate surface area is 90.1 Å². The Morgan fingerprint density at radius 1 is 1.33 bits per heavy atom. The van der Waals surface area contributed by atoms with Gasteiger partial charge in [0.2, 0.25) is 5.88 Å². The number of hydrogen-bond acceptors (Lipinski definition) is 4. The number of hydrogen-bond donors (Lipinski definition) is 1. The van der Waals surface area contributed by atoms with Gasteiger partial charge in [-0.2, -0.15) is 0 Å². The standard InChI is InChI=1S/C11H17N3O/c1-12-9-4-2-3-5-10(9)15-11-8-13-6-7-14-11/h6-10,12H,2-5H2,1H3. The lowest BCUT2D eigenvalue weighted by molar-refractivity contribution is 0.112. The zero-order valence-corrected chi connectivity index (χ0v) is 9.02. The lowest BCUT2D eigenvalue weighted by atomic mass is 9.92. The van der Waals surface area contributed by atoms with Gasteiger partial charge in [0.1, 0.15) is 6.10 Å². The second-order valence-corrected chi connectivity index (χ2v) is 3.88. The highest BCUT2D eigenvalue weighted by Gasteiger charge is 2.25. The van der Waals surface area contributed by atoms with E-state index in [1.165, 1.54) is 19.3 Å². The van der Waals surface area contributed by atoms with E-state index >= 15 is 0 Å². The van der Waals surface area contributed by atoms with Crippen molar-refractivity contribution < 1.29 is 4.74 Å². The highest BCUT2D eigenvalue weighted by atomic mass is 16.5. The number of aromatic nitrogens is 2. The van der Waals surface area contributed by atoms with E-state index in [2.05, 4.69) is 15.3 Å². The average molecular weight is 207 g/mol. The maximum absolute atomic E-state index is 5.82. The molecule has 1 aromatic heterocycles. The molecule has 1 N–H and O–H groups in total. The Balaban J connectivity index is 1.97. The molecule has 0 bridgehead atoms. The lowest BCUT2D eigenvalue weighted by Crippen LogP contribution is -2.43. The van der Waals surface area contributed by atoms with Crippen LogP contribution in [0.1, 0.15) is 25.7 Å². The van der Waals surface area contributed by atoms with Crippen molar-refractivity contribution in [3.63, 3.8) is 0 Å². The van der Waals surface area contributed by atoms with Crippen LogP contribution in [0.15, 0.2) is 18.6 Å². The Morgan fingerprint density at radius 2 is 2.20 bits per heavy atom. The molecular formula is C11H17N3O. The van der Waals surface area contributed by atoms with E-state index in [-0.39, 0.29) is 6.10 Å². The number of nitrogens with one attached hydrogen (secondary N) is 1. The molecule has 82 valence electrons. The van der Waals surface area contributed by atoms with Crippen LogP contribution in [0.5, 0.6) is 5.88 Å². The molecule has 0 radical (unpaired) electrons. The third-order valence-electron chi connectivity index (χ3n) is 2.88. The van der Waals surface area contributed by atoms with Crippen LogP contribution in [0, 0.1) is 0 Å². The van der Waals surface area contributed by atoms with Crippen LogP contribution in [0.3, 0.4) is 0 Å². The Morgan fingerprint density at radius 3 is 2.93 bits per heavy atom. The summed E-state index contributed by atoms with van der Waals surface area (Å²) in [6.07, 6.45) is 10.0. The second kappa shape index (κ2) is 5.07. The van der Waals surface area contributed by atoms with Crippen molar-refractivity contribution in [3.8, 4) is 5.88 Å². The van der Waals surface area contributed by atoms with Crippen molar-refractivity contribution >= 4 is 0 Å². The maximum Gasteiger partial charge on any atom is 0.232 e. The minimum Gasteiger partial charge on any atom is -0.472 e. The van der Waals surface area contributed by atoms with Crippen LogP contribution in [-0.2, 0) is 0 Å². The van der Waals surface area contributed by atoms with E-state index in [1.807, 2.05) is 7.05 Å². The van der Waals surface area contributed by atoms with Gasteiger partial charge in [0, 0.05) is 18.4 Å². The van der Waals surface area contributed by atoms with Crippen LogP contribution in [-0.4, -0.2) is 29.2 Å². The molecule has 1 aromatic rings. The molecule has 4 heteroatoms. The minimum absolute atomic E-state index is 0.237. The zero-order valence-electron chi connectivity index (χ0n) is 9.02. The Kier molecular flexibility index (Phi) is 3.50. The fourth-order valence-electron chi connectivity index (χ4n) is 2.07. The van der Waals surface area contributed by atoms with E-state index < -0.39 is 0 Å². The molecule has 0 amide bonds. The van der Waals surface area contributed by atoms with Crippen LogP contribution in [0.25, 0.3) is 0 Å². The topological polar surface area (TPSA) is 47.0 Å². The van der Waals surface area contributed by atoms with Crippen LogP contribution in [0.4, 0.5) is 0 Å². The quantitative estimate of drug-likeness (QED) is 0.813. The van der Waals surface area contributed by atoms with Crippen molar-refractivity contribution in [1.29, 1.82) is 0 Å². The smallest absolute Gasteiger partial charge is 0.232 e. The van der Waals surface area contributed by atoms with Crippen molar-refractivity contribution in [2.75, 3.05) is 7.05 Å². The van der Waals surface area contributed by atoms with Crippen LogP contribution >= 0.6 is 0 Å². The summed E-state index contributed by atoms with van der Waals surface area (Å²) in [6.45, 7) is 0. The average Bonchev–Trinajstić information content (AvgIpc) is 2.31. The molecule has 4 nitrogen and oxygen atoms in total. The summed E-state index contributed by atoms with van der Waals surface area (Å²) >= 11 is 0. The van der Waals surface area contributed by atoms with Crippen LogP contribution < -0.4 is 10.1 Å². The predicted octanol–water partition coefficient (Wildman–Crippen LogP) is 1.39. The summed E-state index contributed by atoms with van der Waals surface area (Å²) in [7, 11) is 1.99. The molecule has 0 saturated heterocycles.